The van der Waals surface area contributed by atoms with Crippen LogP contribution in [0.15, 0.2) is 43.0 Å². The van der Waals surface area contributed by atoms with Crippen molar-refractivity contribution in [3.63, 3.8) is 0 Å². The molecular weight excluding hydrogens is 258 g/mol. The lowest BCUT2D eigenvalue weighted by Gasteiger charge is -2.28. The first kappa shape index (κ1) is 14.3. The van der Waals surface area contributed by atoms with Gasteiger partial charge in [0.2, 0.25) is 0 Å². The molecule has 1 aliphatic rings. The van der Waals surface area contributed by atoms with Crippen molar-refractivity contribution in [3.05, 3.63) is 48.5 Å². The van der Waals surface area contributed by atoms with Gasteiger partial charge in [-0.05, 0) is 43.4 Å². The van der Waals surface area contributed by atoms with Crippen LogP contribution in [0.3, 0.4) is 0 Å². The summed E-state index contributed by atoms with van der Waals surface area (Å²) in [5, 5.41) is 3.70. The molecule has 1 atom stereocenters. The van der Waals surface area contributed by atoms with Gasteiger partial charge in [-0.2, -0.15) is 0 Å². The van der Waals surface area contributed by atoms with Gasteiger partial charge in [0, 0.05) is 30.7 Å². The van der Waals surface area contributed by atoms with Gasteiger partial charge in [0.1, 0.15) is 0 Å². The highest BCUT2D eigenvalue weighted by Gasteiger charge is 2.19. The maximum atomic E-state index is 4.08. The molecule has 1 heterocycles. The van der Waals surface area contributed by atoms with Crippen LogP contribution in [-0.2, 0) is 6.54 Å². The molecule has 112 valence electrons. The highest BCUT2D eigenvalue weighted by atomic mass is 15.0. The fourth-order valence-corrected chi connectivity index (χ4v) is 3.28. The Morgan fingerprint density at radius 2 is 1.95 bits per heavy atom. The van der Waals surface area contributed by atoms with Crippen molar-refractivity contribution in [2.75, 3.05) is 0 Å². The fraction of sp³-hybridized carbons (Fsp3) is 0.500. The number of hydrogen-bond donors (Lipinski definition) is 1. The van der Waals surface area contributed by atoms with Crippen LogP contribution in [0, 0.1) is 5.92 Å². The summed E-state index contributed by atoms with van der Waals surface area (Å²) >= 11 is 0. The van der Waals surface area contributed by atoms with Crippen molar-refractivity contribution in [1.29, 1.82) is 0 Å². The van der Waals surface area contributed by atoms with Crippen LogP contribution in [0.4, 0.5) is 0 Å². The predicted molar refractivity (Wildman–Crippen MR) is 86.4 cm³/mol. The molecule has 0 unspecified atom stereocenters. The minimum absolute atomic E-state index is 0.624. The Morgan fingerprint density at radius 3 is 2.62 bits per heavy atom. The molecule has 0 radical (unpaired) electrons. The minimum Gasteiger partial charge on any atom is -0.310 e. The molecule has 1 aromatic heterocycles. The molecule has 0 aliphatic heterocycles. The van der Waals surface area contributed by atoms with Crippen molar-refractivity contribution >= 4 is 0 Å². The molecule has 1 N–H and O–H groups in total. The van der Waals surface area contributed by atoms with E-state index in [0.717, 1.165) is 18.2 Å². The molecule has 0 saturated heterocycles. The van der Waals surface area contributed by atoms with Crippen molar-refractivity contribution in [2.24, 2.45) is 5.92 Å². The number of rotatable bonds is 5. The van der Waals surface area contributed by atoms with Crippen LogP contribution < -0.4 is 5.32 Å². The van der Waals surface area contributed by atoms with Gasteiger partial charge >= 0.3 is 0 Å². The van der Waals surface area contributed by atoms with E-state index in [1.165, 1.54) is 37.7 Å². The Balaban J connectivity index is 1.53. The zero-order chi connectivity index (χ0) is 14.5. The second-order valence-electron chi connectivity index (χ2n) is 6.20. The number of imidazole rings is 1. The van der Waals surface area contributed by atoms with Gasteiger partial charge in [0.15, 0.2) is 0 Å². The van der Waals surface area contributed by atoms with E-state index in [4.69, 9.17) is 0 Å². The van der Waals surface area contributed by atoms with E-state index in [1.807, 2.05) is 17.1 Å². The summed E-state index contributed by atoms with van der Waals surface area (Å²) in [6.45, 7) is 3.30. The average molecular weight is 283 g/mol. The van der Waals surface area contributed by atoms with Gasteiger partial charge in [-0.1, -0.05) is 31.4 Å². The summed E-state index contributed by atoms with van der Waals surface area (Å²) in [7, 11) is 0. The Morgan fingerprint density at radius 1 is 1.19 bits per heavy atom. The Hall–Kier alpha value is -1.61. The smallest absolute Gasteiger partial charge is 0.0991 e. The van der Waals surface area contributed by atoms with Crippen molar-refractivity contribution in [2.45, 2.75) is 51.6 Å². The maximum absolute atomic E-state index is 4.08. The van der Waals surface area contributed by atoms with Crippen LogP contribution >= 0.6 is 0 Å². The molecule has 21 heavy (non-hydrogen) atoms. The molecule has 1 aromatic carbocycles. The molecule has 0 amide bonds. The Bertz CT molecular complexity index is 524. The molecule has 0 bridgehead atoms. The number of nitrogens with one attached hydrogen (secondary N) is 1. The van der Waals surface area contributed by atoms with Crippen LogP contribution in [0.25, 0.3) is 5.69 Å². The average Bonchev–Trinajstić information content (AvgIpc) is 3.08. The summed E-state index contributed by atoms with van der Waals surface area (Å²) in [4.78, 5) is 4.08. The molecule has 3 rings (SSSR count). The van der Waals surface area contributed by atoms with Crippen molar-refractivity contribution in [1.82, 2.24) is 14.9 Å². The van der Waals surface area contributed by atoms with Gasteiger partial charge in [0.25, 0.3) is 0 Å². The van der Waals surface area contributed by atoms with E-state index >= 15 is 0 Å². The van der Waals surface area contributed by atoms with Gasteiger partial charge in [-0.3, -0.25) is 0 Å². The Kier molecular flexibility index (Phi) is 4.71. The number of benzene rings is 1. The standard InChI is InChI=1S/C18H25N3/c1-15(17-5-3-2-4-6-17)20-13-16-7-9-18(10-8-16)21-12-11-19-14-21/h7-12,14-15,17,20H,2-6,13H2,1H3/t15-/m1/s1. The van der Waals surface area contributed by atoms with Crippen LogP contribution in [0.1, 0.15) is 44.6 Å². The lowest BCUT2D eigenvalue weighted by atomic mass is 9.84. The van der Waals surface area contributed by atoms with Gasteiger partial charge in [-0.15, -0.1) is 0 Å². The second-order valence-corrected chi connectivity index (χ2v) is 6.20. The molecule has 3 nitrogen and oxygen atoms in total. The monoisotopic (exact) mass is 283 g/mol. The summed E-state index contributed by atoms with van der Waals surface area (Å²) < 4.78 is 2.03. The van der Waals surface area contributed by atoms with E-state index in [0.29, 0.717) is 6.04 Å². The van der Waals surface area contributed by atoms with Gasteiger partial charge in [0.05, 0.1) is 6.33 Å². The largest absolute Gasteiger partial charge is 0.310 e. The first-order valence-corrected chi connectivity index (χ1v) is 8.13. The summed E-state index contributed by atoms with van der Waals surface area (Å²) in [5.74, 6) is 0.865. The van der Waals surface area contributed by atoms with Crippen LogP contribution in [0.5, 0.6) is 0 Å². The SMILES string of the molecule is C[C@@H](NCc1ccc(-n2ccnc2)cc1)C1CCCCC1. The zero-order valence-electron chi connectivity index (χ0n) is 12.8. The highest BCUT2D eigenvalue weighted by Crippen LogP contribution is 2.26. The lowest BCUT2D eigenvalue weighted by Crippen LogP contribution is -2.34. The predicted octanol–water partition coefficient (Wildman–Crippen LogP) is 3.93. The molecule has 2 aromatic rings. The number of aromatic nitrogens is 2. The van der Waals surface area contributed by atoms with E-state index in [9.17, 15) is 0 Å². The minimum atomic E-state index is 0.624. The molecule has 1 aliphatic carbocycles. The molecule has 3 heteroatoms. The van der Waals surface area contributed by atoms with E-state index in [2.05, 4.69) is 41.5 Å². The zero-order valence-corrected chi connectivity index (χ0v) is 12.8. The van der Waals surface area contributed by atoms with Crippen molar-refractivity contribution < 1.29 is 0 Å². The van der Waals surface area contributed by atoms with Gasteiger partial charge < -0.3 is 9.88 Å². The first-order valence-electron chi connectivity index (χ1n) is 8.13. The third-order valence-electron chi connectivity index (χ3n) is 4.72. The third kappa shape index (κ3) is 3.73. The lowest BCUT2D eigenvalue weighted by molar-refractivity contribution is 0.280. The molecule has 0 spiro atoms. The van der Waals surface area contributed by atoms with E-state index in [1.54, 1.807) is 6.20 Å². The summed E-state index contributed by atoms with van der Waals surface area (Å²) in [5.41, 5.74) is 2.51. The Labute approximate surface area is 127 Å². The molecule has 1 saturated carbocycles. The molecule has 1 fully saturated rings. The van der Waals surface area contributed by atoms with E-state index < -0.39 is 0 Å². The number of hydrogen-bond acceptors (Lipinski definition) is 2. The van der Waals surface area contributed by atoms with Crippen LogP contribution in [-0.4, -0.2) is 15.6 Å². The molecular formula is C18H25N3. The summed E-state index contributed by atoms with van der Waals surface area (Å²) in [6.07, 6.45) is 12.7. The van der Waals surface area contributed by atoms with E-state index in [-0.39, 0.29) is 0 Å². The summed E-state index contributed by atoms with van der Waals surface area (Å²) in [6, 6.07) is 9.35. The topological polar surface area (TPSA) is 29.9 Å². The normalized spacial score (nSPS) is 17.8. The van der Waals surface area contributed by atoms with Crippen LogP contribution in [0.2, 0.25) is 0 Å². The van der Waals surface area contributed by atoms with Crippen molar-refractivity contribution in [3.8, 4) is 5.69 Å². The first-order chi connectivity index (χ1) is 10.3. The highest BCUT2D eigenvalue weighted by molar-refractivity contribution is 5.34. The van der Waals surface area contributed by atoms with Gasteiger partial charge in [-0.25, -0.2) is 4.98 Å². The maximum Gasteiger partial charge on any atom is 0.0991 e. The quantitative estimate of drug-likeness (QED) is 0.901. The second kappa shape index (κ2) is 6.90. The fourth-order valence-electron chi connectivity index (χ4n) is 3.28. The number of nitrogens with zero attached hydrogens (tertiary/aromatic N) is 2. The third-order valence-corrected chi connectivity index (χ3v) is 4.72.